The molecule has 0 bridgehead atoms. The van der Waals surface area contributed by atoms with Crippen LogP contribution in [0.25, 0.3) is 0 Å². The Labute approximate surface area is 187 Å². The molecule has 1 amide bonds. The fourth-order valence-electron chi connectivity index (χ4n) is 2.37. The summed E-state index contributed by atoms with van der Waals surface area (Å²) in [6.07, 6.45) is 0. The fourth-order valence-corrected chi connectivity index (χ4v) is 3.72. The maximum absolute atomic E-state index is 12.2. The zero-order valence-corrected chi connectivity index (χ0v) is 18.7. The molecule has 1 aromatic heterocycles. The van der Waals surface area contributed by atoms with Gasteiger partial charge >= 0.3 is 0 Å². The van der Waals surface area contributed by atoms with Crippen molar-refractivity contribution in [3.05, 3.63) is 62.9 Å². The summed E-state index contributed by atoms with van der Waals surface area (Å²) in [5, 5.41) is 13.0. The maximum atomic E-state index is 12.2. The molecule has 3 aromatic rings. The summed E-state index contributed by atoms with van der Waals surface area (Å²) in [4.78, 5) is 12.2. The largest absolute Gasteiger partial charge is 0.484 e. The molecule has 0 aliphatic heterocycles. The molecule has 3 rings (SSSR count). The molecule has 0 aliphatic rings. The molecule has 0 radical (unpaired) electrons. The number of amides is 1. The lowest BCUT2D eigenvalue weighted by atomic mass is 10.2. The highest BCUT2D eigenvalue weighted by Crippen LogP contribution is 2.27. The summed E-state index contributed by atoms with van der Waals surface area (Å²) in [6.45, 7) is 2.17. The van der Waals surface area contributed by atoms with Crippen molar-refractivity contribution in [1.29, 1.82) is 0 Å². The van der Waals surface area contributed by atoms with Gasteiger partial charge in [0.1, 0.15) is 12.4 Å². The number of anilines is 1. The Bertz CT molecular complexity index is 1040. The first-order valence-corrected chi connectivity index (χ1v) is 10.6. The number of thioether (sulfide) groups is 1. The van der Waals surface area contributed by atoms with Crippen LogP contribution in [-0.4, -0.2) is 26.4 Å². The maximum Gasteiger partial charge on any atom is 0.234 e. The van der Waals surface area contributed by atoms with E-state index in [2.05, 4.69) is 15.5 Å². The van der Waals surface area contributed by atoms with Gasteiger partial charge in [0.05, 0.1) is 21.5 Å². The molecular formula is C19H17Cl3N4O2S. The van der Waals surface area contributed by atoms with E-state index in [-0.39, 0.29) is 18.3 Å². The second kappa shape index (κ2) is 9.71. The Balaban J connectivity index is 1.56. The molecule has 1 heterocycles. The molecule has 2 aromatic carbocycles. The van der Waals surface area contributed by atoms with Gasteiger partial charge in [0.15, 0.2) is 11.0 Å². The number of aryl methyl sites for hydroxylation is 1. The van der Waals surface area contributed by atoms with Crippen molar-refractivity contribution in [3.63, 3.8) is 0 Å². The highest BCUT2D eigenvalue weighted by molar-refractivity contribution is 7.99. The van der Waals surface area contributed by atoms with Crippen LogP contribution >= 0.6 is 46.6 Å². The smallest absolute Gasteiger partial charge is 0.234 e. The van der Waals surface area contributed by atoms with Crippen molar-refractivity contribution in [3.8, 4) is 5.75 Å². The molecule has 0 unspecified atom stereocenters. The number of aromatic nitrogens is 3. The summed E-state index contributed by atoms with van der Waals surface area (Å²) in [5.74, 6) is 1.14. The van der Waals surface area contributed by atoms with E-state index in [4.69, 9.17) is 39.5 Å². The Morgan fingerprint density at radius 1 is 1.14 bits per heavy atom. The predicted octanol–water partition coefficient (Wildman–Crippen LogP) is 5.39. The van der Waals surface area contributed by atoms with Gasteiger partial charge < -0.3 is 14.6 Å². The van der Waals surface area contributed by atoms with Gasteiger partial charge in [-0.3, -0.25) is 4.79 Å². The Kier molecular flexibility index (Phi) is 7.29. The summed E-state index contributed by atoms with van der Waals surface area (Å²) >= 11 is 19.3. The van der Waals surface area contributed by atoms with Gasteiger partial charge in [-0.05, 0) is 42.8 Å². The molecule has 10 heteroatoms. The summed E-state index contributed by atoms with van der Waals surface area (Å²) in [6, 6.07) is 10.4. The normalized spacial score (nSPS) is 10.8. The summed E-state index contributed by atoms with van der Waals surface area (Å²) in [7, 11) is 1.81. The van der Waals surface area contributed by atoms with Crippen molar-refractivity contribution in [1.82, 2.24) is 14.8 Å². The van der Waals surface area contributed by atoms with Crippen molar-refractivity contribution in [2.45, 2.75) is 18.7 Å². The van der Waals surface area contributed by atoms with Gasteiger partial charge in [-0.25, -0.2) is 0 Å². The molecule has 0 spiro atoms. The van der Waals surface area contributed by atoms with Gasteiger partial charge in [0, 0.05) is 12.1 Å². The average Bonchev–Trinajstić information content (AvgIpc) is 3.03. The Hall–Kier alpha value is -1.93. The van der Waals surface area contributed by atoms with Gasteiger partial charge in [-0.2, -0.15) is 0 Å². The second-order valence-corrected chi connectivity index (χ2v) is 8.33. The number of carbonyl (C=O) groups excluding carboxylic acids is 1. The molecule has 29 heavy (non-hydrogen) atoms. The fraction of sp³-hybridized carbons (Fsp3) is 0.211. The van der Waals surface area contributed by atoms with Crippen LogP contribution in [-0.2, 0) is 18.4 Å². The first kappa shape index (κ1) is 21.8. The number of halogens is 3. The second-order valence-electron chi connectivity index (χ2n) is 6.14. The lowest BCUT2D eigenvalue weighted by molar-refractivity contribution is -0.113. The molecule has 0 fully saturated rings. The van der Waals surface area contributed by atoms with Crippen LogP contribution in [0.5, 0.6) is 5.75 Å². The van der Waals surface area contributed by atoms with E-state index < -0.39 is 0 Å². The molecular weight excluding hydrogens is 455 g/mol. The third-order valence-electron chi connectivity index (χ3n) is 3.91. The zero-order chi connectivity index (χ0) is 21.0. The number of nitrogens with one attached hydrogen (secondary N) is 1. The van der Waals surface area contributed by atoms with Crippen LogP contribution in [0.1, 0.15) is 11.4 Å². The minimum Gasteiger partial charge on any atom is -0.484 e. The third kappa shape index (κ3) is 5.79. The number of ether oxygens (including phenoxy) is 1. The van der Waals surface area contributed by atoms with E-state index in [0.717, 1.165) is 5.56 Å². The number of carbonyl (C=O) groups is 1. The van der Waals surface area contributed by atoms with Crippen molar-refractivity contribution >= 4 is 58.2 Å². The van der Waals surface area contributed by atoms with Gasteiger partial charge in [0.25, 0.3) is 0 Å². The number of hydrogen-bond acceptors (Lipinski definition) is 5. The molecule has 0 saturated heterocycles. The van der Waals surface area contributed by atoms with E-state index >= 15 is 0 Å². The van der Waals surface area contributed by atoms with Gasteiger partial charge in [0.2, 0.25) is 5.91 Å². The van der Waals surface area contributed by atoms with Crippen LogP contribution in [0.3, 0.4) is 0 Å². The highest BCUT2D eigenvalue weighted by atomic mass is 35.5. The van der Waals surface area contributed by atoms with Gasteiger partial charge in [-0.15, -0.1) is 10.2 Å². The van der Waals surface area contributed by atoms with Crippen molar-refractivity contribution in [2.24, 2.45) is 7.05 Å². The number of nitrogens with zero attached hydrogens (tertiary/aromatic N) is 3. The van der Waals surface area contributed by atoms with Crippen LogP contribution in [0.4, 0.5) is 5.69 Å². The van der Waals surface area contributed by atoms with Crippen LogP contribution < -0.4 is 10.1 Å². The predicted molar refractivity (Wildman–Crippen MR) is 117 cm³/mol. The van der Waals surface area contributed by atoms with E-state index in [1.54, 1.807) is 28.8 Å². The third-order valence-corrected chi connectivity index (χ3v) is 5.79. The van der Waals surface area contributed by atoms with Crippen LogP contribution in [0.15, 0.2) is 41.6 Å². The quantitative estimate of drug-likeness (QED) is 0.468. The molecule has 152 valence electrons. The lowest BCUT2D eigenvalue weighted by Crippen LogP contribution is -2.15. The minimum atomic E-state index is -0.216. The first-order valence-electron chi connectivity index (χ1n) is 8.48. The zero-order valence-electron chi connectivity index (χ0n) is 15.6. The van der Waals surface area contributed by atoms with Crippen LogP contribution in [0.2, 0.25) is 15.1 Å². The standard InChI is InChI=1S/C19H17Cl3N4O2S/c1-11-3-5-13(21)16(7-11)28-9-17-24-25-19(26(17)2)29-10-18(27)23-15-6-4-12(20)8-14(15)22/h3-8H,9-10H2,1-2H3,(H,23,27). The Morgan fingerprint density at radius 3 is 2.69 bits per heavy atom. The number of hydrogen-bond donors (Lipinski definition) is 1. The summed E-state index contributed by atoms with van der Waals surface area (Å²) < 4.78 is 7.53. The van der Waals surface area contributed by atoms with E-state index in [9.17, 15) is 4.79 Å². The molecule has 0 atom stereocenters. The highest BCUT2D eigenvalue weighted by Gasteiger charge is 2.14. The summed E-state index contributed by atoms with van der Waals surface area (Å²) in [5.41, 5.74) is 1.55. The number of rotatable bonds is 7. The molecule has 1 N–H and O–H groups in total. The molecule has 0 saturated carbocycles. The molecule has 0 aliphatic carbocycles. The minimum absolute atomic E-state index is 0.148. The van der Waals surface area contributed by atoms with E-state index in [0.29, 0.717) is 37.5 Å². The Morgan fingerprint density at radius 2 is 1.93 bits per heavy atom. The van der Waals surface area contributed by atoms with E-state index in [1.165, 1.54) is 11.8 Å². The SMILES string of the molecule is Cc1ccc(Cl)c(OCc2nnc(SCC(=O)Nc3ccc(Cl)cc3Cl)n2C)c1. The van der Waals surface area contributed by atoms with E-state index in [1.807, 2.05) is 26.1 Å². The van der Waals surface area contributed by atoms with Crippen molar-refractivity contribution < 1.29 is 9.53 Å². The topological polar surface area (TPSA) is 69.0 Å². The first-order chi connectivity index (χ1) is 13.8. The molecule has 6 nitrogen and oxygen atoms in total. The number of benzene rings is 2. The lowest BCUT2D eigenvalue weighted by Gasteiger charge is -2.09. The van der Waals surface area contributed by atoms with Crippen molar-refractivity contribution in [2.75, 3.05) is 11.1 Å². The monoisotopic (exact) mass is 470 g/mol. The average molecular weight is 472 g/mol. The van der Waals surface area contributed by atoms with Crippen LogP contribution in [0, 0.1) is 6.92 Å². The van der Waals surface area contributed by atoms with Gasteiger partial charge in [-0.1, -0.05) is 52.6 Å².